The van der Waals surface area contributed by atoms with Crippen molar-refractivity contribution in [3.05, 3.63) is 74.6 Å². The number of para-hydroxylation sites is 1. The molecule has 0 fully saturated rings. The number of ether oxygens (including phenoxy) is 1. The molecule has 3 aromatic rings. The Bertz CT molecular complexity index is 1380. The molecule has 2 aliphatic heterocycles. The summed E-state index contributed by atoms with van der Waals surface area (Å²) in [5.74, 6) is -0.792. The Labute approximate surface area is 191 Å². The number of carbonyl (C=O) groups is 2. The molecule has 0 bridgehead atoms. The maximum atomic E-state index is 14.1. The number of nitrogens with zero attached hydrogens (tertiary/aromatic N) is 2. The molecule has 0 radical (unpaired) electrons. The Hall–Kier alpha value is -3.45. The van der Waals surface area contributed by atoms with Crippen LogP contribution in [-0.2, 0) is 15.1 Å². The highest BCUT2D eigenvalue weighted by molar-refractivity contribution is 6.17. The van der Waals surface area contributed by atoms with E-state index in [-0.39, 0.29) is 29.2 Å². The van der Waals surface area contributed by atoms with Crippen molar-refractivity contribution in [2.45, 2.75) is 32.7 Å². The highest BCUT2D eigenvalue weighted by Gasteiger charge is 2.64. The third kappa shape index (κ3) is 2.69. The molecule has 170 valence electrons. The minimum Gasteiger partial charge on any atom is -0.450 e. The Morgan fingerprint density at radius 1 is 1.06 bits per heavy atom. The van der Waals surface area contributed by atoms with Crippen LogP contribution in [0.3, 0.4) is 0 Å². The van der Waals surface area contributed by atoms with Crippen LogP contribution in [0.1, 0.15) is 46.2 Å². The van der Waals surface area contributed by atoms with Crippen molar-refractivity contribution in [2.24, 2.45) is 0 Å². The molecule has 7 nitrogen and oxygen atoms in total. The SMILES string of the molecule is CCN1C(=O)[C@]2(c3ccccc31)c1c(oc3cc(C)c(C)cc3c1=O)C(=O)N2CCCOC. The van der Waals surface area contributed by atoms with E-state index in [2.05, 4.69) is 0 Å². The van der Waals surface area contributed by atoms with Gasteiger partial charge in [-0.1, -0.05) is 18.2 Å². The number of methoxy groups -OCH3 is 1. The van der Waals surface area contributed by atoms with Gasteiger partial charge in [-0.05, 0) is 56.5 Å². The molecule has 1 spiro atoms. The van der Waals surface area contributed by atoms with Crippen molar-refractivity contribution in [3.8, 4) is 0 Å². The highest BCUT2D eigenvalue weighted by atomic mass is 16.5. The molecule has 2 aliphatic rings. The first-order chi connectivity index (χ1) is 15.9. The van der Waals surface area contributed by atoms with Crippen LogP contribution < -0.4 is 10.3 Å². The number of anilines is 1. The van der Waals surface area contributed by atoms with Crippen molar-refractivity contribution >= 4 is 28.5 Å². The van der Waals surface area contributed by atoms with Crippen LogP contribution in [0.25, 0.3) is 11.0 Å². The summed E-state index contributed by atoms with van der Waals surface area (Å²) < 4.78 is 11.3. The van der Waals surface area contributed by atoms with Crippen LogP contribution in [-0.4, -0.2) is 43.5 Å². The smallest absolute Gasteiger partial charge is 0.291 e. The average Bonchev–Trinajstić information content (AvgIpc) is 3.20. The summed E-state index contributed by atoms with van der Waals surface area (Å²) in [6, 6.07) is 10.9. The minimum atomic E-state index is -1.54. The first-order valence-corrected chi connectivity index (χ1v) is 11.2. The number of benzene rings is 2. The lowest BCUT2D eigenvalue weighted by atomic mass is 9.83. The van der Waals surface area contributed by atoms with Crippen molar-refractivity contribution < 1.29 is 18.7 Å². The van der Waals surface area contributed by atoms with Gasteiger partial charge in [0.25, 0.3) is 11.8 Å². The highest BCUT2D eigenvalue weighted by Crippen LogP contribution is 2.52. The number of fused-ring (bicyclic) bond motifs is 5. The molecule has 0 N–H and O–H groups in total. The number of amides is 2. The summed E-state index contributed by atoms with van der Waals surface area (Å²) in [6.45, 7) is 6.83. The van der Waals surface area contributed by atoms with Crippen LogP contribution in [0.15, 0.2) is 45.6 Å². The lowest BCUT2D eigenvalue weighted by Gasteiger charge is -2.34. The summed E-state index contributed by atoms with van der Waals surface area (Å²) in [4.78, 5) is 45.0. The van der Waals surface area contributed by atoms with E-state index in [4.69, 9.17) is 9.15 Å². The quantitative estimate of drug-likeness (QED) is 0.561. The molecule has 7 heteroatoms. The predicted octanol–water partition coefficient (Wildman–Crippen LogP) is 3.51. The van der Waals surface area contributed by atoms with E-state index < -0.39 is 11.4 Å². The molecule has 2 amide bonds. The van der Waals surface area contributed by atoms with Crippen LogP contribution in [0.4, 0.5) is 5.69 Å². The number of carbonyl (C=O) groups excluding carboxylic acids is 2. The van der Waals surface area contributed by atoms with Gasteiger partial charge in [-0.3, -0.25) is 14.4 Å². The third-order valence-electron chi connectivity index (χ3n) is 6.90. The van der Waals surface area contributed by atoms with Gasteiger partial charge in [-0.15, -0.1) is 0 Å². The van der Waals surface area contributed by atoms with Gasteiger partial charge in [-0.25, -0.2) is 0 Å². The van der Waals surface area contributed by atoms with Gasteiger partial charge in [0.1, 0.15) is 5.58 Å². The first kappa shape index (κ1) is 21.4. The maximum absolute atomic E-state index is 14.1. The van der Waals surface area contributed by atoms with E-state index >= 15 is 0 Å². The number of aryl methyl sites for hydroxylation is 2. The van der Waals surface area contributed by atoms with Crippen molar-refractivity contribution in [2.75, 3.05) is 31.7 Å². The van der Waals surface area contributed by atoms with Crippen LogP contribution in [0, 0.1) is 13.8 Å². The fourth-order valence-corrected chi connectivity index (χ4v) is 5.23. The van der Waals surface area contributed by atoms with E-state index in [1.165, 1.54) is 4.90 Å². The van der Waals surface area contributed by atoms with E-state index in [1.54, 1.807) is 24.1 Å². The fraction of sp³-hybridized carbons (Fsp3) is 0.346. The predicted molar refractivity (Wildman–Crippen MR) is 125 cm³/mol. The monoisotopic (exact) mass is 446 g/mol. The molecule has 1 atom stereocenters. The molecule has 5 rings (SSSR count). The summed E-state index contributed by atoms with van der Waals surface area (Å²) in [6.07, 6.45) is 0.519. The van der Waals surface area contributed by atoms with Crippen molar-refractivity contribution in [1.82, 2.24) is 4.90 Å². The van der Waals surface area contributed by atoms with Gasteiger partial charge >= 0.3 is 0 Å². The van der Waals surface area contributed by atoms with E-state index in [9.17, 15) is 14.4 Å². The summed E-state index contributed by atoms with van der Waals surface area (Å²) in [5, 5.41) is 0.378. The number of hydrogen-bond donors (Lipinski definition) is 0. The normalized spacial score (nSPS) is 19.2. The van der Waals surface area contributed by atoms with Gasteiger partial charge in [-0.2, -0.15) is 0 Å². The zero-order chi connectivity index (χ0) is 23.5. The van der Waals surface area contributed by atoms with Crippen molar-refractivity contribution in [1.29, 1.82) is 0 Å². The van der Waals surface area contributed by atoms with Gasteiger partial charge < -0.3 is 19.0 Å². The molecule has 0 saturated carbocycles. The molecule has 1 aromatic heterocycles. The van der Waals surface area contributed by atoms with Gasteiger partial charge in [0.2, 0.25) is 5.76 Å². The maximum Gasteiger partial charge on any atom is 0.291 e. The second kappa shape index (κ2) is 7.56. The van der Waals surface area contributed by atoms with Crippen LogP contribution in [0.5, 0.6) is 0 Å². The Morgan fingerprint density at radius 2 is 1.79 bits per heavy atom. The average molecular weight is 447 g/mol. The topological polar surface area (TPSA) is 80.1 Å². The molecule has 33 heavy (non-hydrogen) atoms. The molecule has 3 heterocycles. The molecular weight excluding hydrogens is 420 g/mol. The molecule has 0 saturated heterocycles. The fourth-order valence-electron chi connectivity index (χ4n) is 5.23. The Balaban J connectivity index is 1.88. The number of rotatable bonds is 5. The zero-order valence-corrected chi connectivity index (χ0v) is 19.2. The van der Waals surface area contributed by atoms with Gasteiger partial charge in [0.05, 0.1) is 16.6 Å². The largest absolute Gasteiger partial charge is 0.450 e. The molecular formula is C26H26N2O5. The lowest BCUT2D eigenvalue weighted by molar-refractivity contribution is -0.126. The first-order valence-electron chi connectivity index (χ1n) is 11.2. The van der Waals surface area contributed by atoms with E-state index in [0.29, 0.717) is 41.8 Å². The Morgan fingerprint density at radius 3 is 2.52 bits per heavy atom. The standard InChI is InChI=1S/C26H26N2O5/c1-5-27-19-10-7-6-9-18(19)26(25(27)31)21-22(29)17-13-15(2)16(3)14-20(17)33-23(21)24(30)28(26)11-8-12-32-4/h6-7,9-10,13-14H,5,8,11-12H2,1-4H3/t26-/m0/s1. The molecule has 0 aliphatic carbocycles. The number of hydrogen-bond acceptors (Lipinski definition) is 5. The Kier molecular flexibility index (Phi) is 4.90. The second-order valence-electron chi connectivity index (χ2n) is 8.65. The second-order valence-corrected chi connectivity index (χ2v) is 8.65. The molecule has 0 unspecified atom stereocenters. The van der Waals surface area contributed by atoms with Gasteiger partial charge in [0.15, 0.2) is 11.0 Å². The van der Waals surface area contributed by atoms with Gasteiger partial charge in [0, 0.05) is 32.4 Å². The third-order valence-corrected chi connectivity index (χ3v) is 6.90. The minimum absolute atomic E-state index is 0.0470. The summed E-state index contributed by atoms with van der Waals surface area (Å²) in [5.41, 5.74) is 1.85. The lowest BCUT2D eigenvalue weighted by Crippen LogP contribution is -2.53. The van der Waals surface area contributed by atoms with E-state index in [0.717, 1.165) is 11.1 Å². The van der Waals surface area contributed by atoms with Crippen LogP contribution >= 0.6 is 0 Å². The van der Waals surface area contributed by atoms with Crippen molar-refractivity contribution in [3.63, 3.8) is 0 Å². The zero-order valence-electron chi connectivity index (χ0n) is 19.2. The molecule has 2 aromatic carbocycles. The van der Waals surface area contributed by atoms with Crippen LogP contribution in [0.2, 0.25) is 0 Å². The van der Waals surface area contributed by atoms with E-state index in [1.807, 2.05) is 45.0 Å². The summed E-state index contributed by atoms with van der Waals surface area (Å²) >= 11 is 0. The number of likely N-dealkylation sites (N-methyl/N-ethyl adjacent to an activating group) is 1. The summed E-state index contributed by atoms with van der Waals surface area (Å²) in [7, 11) is 1.59.